The molecule has 0 heterocycles. The molecule has 2 aromatic carbocycles. The van der Waals surface area contributed by atoms with Crippen LogP contribution >= 0.6 is 0 Å². The van der Waals surface area contributed by atoms with E-state index in [0.717, 1.165) is 23.6 Å². The minimum atomic E-state index is -0.335. The zero-order valence-electron chi connectivity index (χ0n) is 13.3. The largest absolute Gasteiger partial charge is 0.484 e. The summed E-state index contributed by atoms with van der Waals surface area (Å²) < 4.78 is 5.56. The first kappa shape index (κ1) is 16.3. The molecule has 0 saturated carbocycles. The van der Waals surface area contributed by atoms with Gasteiger partial charge in [0.05, 0.1) is 0 Å². The Hall–Kier alpha value is -2.07. The first-order valence-corrected chi connectivity index (χ1v) is 7.73. The van der Waals surface area contributed by atoms with Gasteiger partial charge in [0.1, 0.15) is 5.75 Å². The van der Waals surface area contributed by atoms with Gasteiger partial charge in [-0.3, -0.25) is 4.79 Å². The summed E-state index contributed by atoms with van der Waals surface area (Å²) in [4.78, 5) is 11.9. The maximum Gasteiger partial charge on any atom is 0.258 e. The van der Waals surface area contributed by atoms with Crippen molar-refractivity contribution in [2.75, 3.05) is 13.2 Å². The van der Waals surface area contributed by atoms with Gasteiger partial charge < -0.3 is 15.8 Å². The lowest BCUT2D eigenvalue weighted by molar-refractivity contribution is -0.123. The number of hydrogen-bond acceptors (Lipinski definition) is 3. The molecule has 0 fully saturated rings. The van der Waals surface area contributed by atoms with Crippen LogP contribution in [0.3, 0.4) is 0 Å². The molecule has 0 aliphatic carbocycles. The Morgan fingerprint density at radius 2 is 1.82 bits per heavy atom. The van der Waals surface area contributed by atoms with Crippen LogP contribution in [0.25, 0.3) is 10.8 Å². The van der Waals surface area contributed by atoms with Crippen LogP contribution < -0.4 is 15.8 Å². The number of ether oxygens (including phenoxy) is 1. The van der Waals surface area contributed by atoms with Gasteiger partial charge in [0.2, 0.25) is 0 Å². The lowest BCUT2D eigenvalue weighted by Crippen LogP contribution is -2.50. The minimum absolute atomic E-state index is 0.00183. The highest BCUT2D eigenvalue weighted by Crippen LogP contribution is 2.20. The van der Waals surface area contributed by atoms with Crippen molar-refractivity contribution in [3.05, 3.63) is 42.5 Å². The van der Waals surface area contributed by atoms with Crippen molar-refractivity contribution in [2.45, 2.75) is 32.2 Å². The van der Waals surface area contributed by atoms with Gasteiger partial charge in [0.15, 0.2) is 6.61 Å². The molecule has 3 N–H and O–H groups in total. The molecule has 0 aliphatic rings. The Balaban J connectivity index is 1.87. The Labute approximate surface area is 131 Å². The maximum absolute atomic E-state index is 11.9. The monoisotopic (exact) mass is 300 g/mol. The Morgan fingerprint density at radius 3 is 2.50 bits per heavy atom. The second-order valence-electron chi connectivity index (χ2n) is 5.64. The van der Waals surface area contributed by atoms with Crippen molar-refractivity contribution in [3.8, 4) is 5.75 Å². The standard InChI is InChI=1S/C18H24N2O2/c1-3-18(19,4-2)13-20-17(21)12-22-16-10-9-14-7-5-6-8-15(14)11-16/h5-11H,3-4,12-13,19H2,1-2H3,(H,20,21). The number of carbonyl (C=O) groups excluding carboxylic acids is 1. The Kier molecular flexibility index (Phi) is 5.39. The smallest absolute Gasteiger partial charge is 0.258 e. The highest BCUT2D eigenvalue weighted by molar-refractivity contribution is 5.84. The maximum atomic E-state index is 11.9. The lowest BCUT2D eigenvalue weighted by Gasteiger charge is -2.26. The summed E-state index contributed by atoms with van der Waals surface area (Å²) >= 11 is 0. The molecule has 118 valence electrons. The molecule has 4 heteroatoms. The summed E-state index contributed by atoms with van der Waals surface area (Å²) in [5.74, 6) is 0.545. The van der Waals surface area contributed by atoms with E-state index in [1.54, 1.807) is 0 Å². The van der Waals surface area contributed by atoms with Crippen molar-refractivity contribution in [1.29, 1.82) is 0 Å². The van der Waals surface area contributed by atoms with Gasteiger partial charge in [-0.15, -0.1) is 0 Å². The highest BCUT2D eigenvalue weighted by atomic mass is 16.5. The number of nitrogens with two attached hydrogens (primary N) is 1. The number of nitrogens with one attached hydrogen (secondary N) is 1. The third-order valence-electron chi connectivity index (χ3n) is 4.14. The van der Waals surface area contributed by atoms with E-state index in [4.69, 9.17) is 10.5 Å². The zero-order chi connectivity index (χ0) is 16.0. The molecule has 0 aromatic heterocycles. The quantitative estimate of drug-likeness (QED) is 0.826. The molecule has 1 amide bonds. The van der Waals surface area contributed by atoms with E-state index in [2.05, 4.69) is 5.32 Å². The van der Waals surface area contributed by atoms with Gasteiger partial charge in [-0.1, -0.05) is 44.2 Å². The highest BCUT2D eigenvalue weighted by Gasteiger charge is 2.20. The topological polar surface area (TPSA) is 64.3 Å². The summed E-state index contributed by atoms with van der Waals surface area (Å²) in [6, 6.07) is 13.8. The molecule has 2 rings (SSSR count). The number of benzene rings is 2. The molecule has 0 unspecified atom stereocenters. The third kappa shape index (κ3) is 4.21. The molecule has 0 spiro atoms. The van der Waals surface area contributed by atoms with Gasteiger partial charge in [-0.2, -0.15) is 0 Å². The molecule has 0 saturated heterocycles. The predicted molar refractivity (Wildman–Crippen MR) is 90.0 cm³/mol. The van der Waals surface area contributed by atoms with Crippen LogP contribution in [0, 0.1) is 0 Å². The van der Waals surface area contributed by atoms with Crippen LogP contribution in [0.15, 0.2) is 42.5 Å². The molecule has 0 radical (unpaired) electrons. The summed E-state index contributed by atoms with van der Waals surface area (Å²) in [6.45, 7) is 4.53. The molecule has 22 heavy (non-hydrogen) atoms. The van der Waals surface area contributed by atoms with Gasteiger partial charge >= 0.3 is 0 Å². The second kappa shape index (κ2) is 7.27. The van der Waals surface area contributed by atoms with Crippen LogP contribution in [0.2, 0.25) is 0 Å². The second-order valence-corrected chi connectivity index (χ2v) is 5.64. The zero-order valence-corrected chi connectivity index (χ0v) is 13.3. The van der Waals surface area contributed by atoms with Crippen LogP contribution in [0.1, 0.15) is 26.7 Å². The number of fused-ring (bicyclic) bond motifs is 1. The first-order chi connectivity index (χ1) is 10.6. The molecular formula is C18H24N2O2. The predicted octanol–water partition coefficient (Wildman–Crippen LogP) is 2.85. The van der Waals surface area contributed by atoms with Crippen molar-refractivity contribution < 1.29 is 9.53 Å². The number of rotatable bonds is 7. The fourth-order valence-electron chi connectivity index (χ4n) is 2.23. The fourth-order valence-corrected chi connectivity index (χ4v) is 2.23. The summed E-state index contributed by atoms with van der Waals surface area (Å²) in [5.41, 5.74) is 5.82. The molecule has 2 aromatic rings. The SMILES string of the molecule is CCC(N)(CC)CNC(=O)COc1ccc2ccccc2c1. The normalized spacial score (nSPS) is 11.4. The minimum Gasteiger partial charge on any atom is -0.484 e. The van der Waals surface area contributed by atoms with E-state index < -0.39 is 0 Å². The van der Waals surface area contributed by atoms with Crippen molar-refractivity contribution in [2.24, 2.45) is 5.73 Å². The number of carbonyl (C=O) groups is 1. The summed E-state index contributed by atoms with van der Waals surface area (Å²) in [5, 5.41) is 5.09. The molecule has 0 bridgehead atoms. The van der Waals surface area contributed by atoms with Crippen LogP contribution in [-0.4, -0.2) is 24.6 Å². The summed E-state index contributed by atoms with van der Waals surface area (Å²) in [7, 11) is 0. The van der Waals surface area contributed by atoms with E-state index in [-0.39, 0.29) is 18.1 Å². The van der Waals surface area contributed by atoms with Crippen molar-refractivity contribution >= 4 is 16.7 Å². The molecule has 0 atom stereocenters. The third-order valence-corrected chi connectivity index (χ3v) is 4.14. The van der Waals surface area contributed by atoms with Crippen LogP contribution in [0.4, 0.5) is 0 Å². The lowest BCUT2D eigenvalue weighted by atomic mass is 9.94. The average Bonchev–Trinajstić information content (AvgIpc) is 2.57. The van der Waals surface area contributed by atoms with E-state index >= 15 is 0 Å². The fraction of sp³-hybridized carbons (Fsp3) is 0.389. The van der Waals surface area contributed by atoms with Crippen LogP contribution in [-0.2, 0) is 4.79 Å². The van der Waals surface area contributed by atoms with E-state index in [0.29, 0.717) is 12.3 Å². The van der Waals surface area contributed by atoms with E-state index in [9.17, 15) is 4.79 Å². The molecular weight excluding hydrogens is 276 g/mol. The summed E-state index contributed by atoms with van der Waals surface area (Å²) in [6.07, 6.45) is 1.66. The average molecular weight is 300 g/mol. The van der Waals surface area contributed by atoms with E-state index in [1.807, 2.05) is 56.3 Å². The van der Waals surface area contributed by atoms with Crippen molar-refractivity contribution in [3.63, 3.8) is 0 Å². The molecule has 4 nitrogen and oxygen atoms in total. The Bertz CT molecular complexity index is 636. The van der Waals surface area contributed by atoms with Gasteiger partial charge in [-0.05, 0) is 35.7 Å². The van der Waals surface area contributed by atoms with Crippen molar-refractivity contribution in [1.82, 2.24) is 5.32 Å². The van der Waals surface area contributed by atoms with Crippen LogP contribution in [0.5, 0.6) is 5.75 Å². The van der Waals surface area contributed by atoms with Gasteiger partial charge in [0.25, 0.3) is 5.91 Å². The molecule has 0 aliphatic heterocycles. The number of hydrogen-bond donors (Lipinski definition) is 2. The van der Waals surface area contributed by atoms with Gasteiger partial charge in [0, 0.05) is 12.1 Å². The Morgan fingerprint density at radius 1 is 1.14 bits per heavy atom. The van der Waals surface area contributed by atoms with E-state index in [1.165, 1.54) is 0 Å². The van der Waals surface area contributed by atoms with Gasteiger partial charge in [-0.25, -0.2) is 0 Å². The number of amides is 1. The first-order valence-electron chi connectivity index (χ1n) is 7.73.